The van der Waals surface area contributed by atoms with Gasteiger partial charge < -0.3 is 0 Å². The third-order valence-electron chi connectivity index (χ3n) is 5.02. The summed E-state index contributed by atoms with van der Waals surface area (Å²) in [6.45, 7) is 15.6. The highest BCUT2D eigenvalue weighted by molar-refractivity contribution is 6.00. The van der Waals surface area contributed by atoms with Gasteiger partial charge in [-0.1, -0.05) is 54.5 Å². The molecule has 0 saturated heterocycles. The van der Waals surface area contributed by atoms with E-state index in [-0.39, 0.29) is 5.41 Å². The lowest BCUT2D eigenvalue weighted by Crippen LogP contribution is -2.20. The van der Waals surface area contributed by atoms with Gasteiger partial charge >= 0.3 is 0 Å². The molecule has 1 aromatic rings. The van der Waals surface area contributed by atoms with Crippen LogP contribution in [-0.4, -0.2) is 5.78 Å². The number of benzene rings is 1. The molecule has 0 amide bonds. The first kappa shape index (κ1) is 16.3. The van der Waals surface area contributed by atoms with Crippen LogP contribution in [-0.2, 0) is 11.8 Å². The van der Waals surface area contributed by atoms with Crippen LogP contribution in [0.5, 0.6) is 0 Å². The van der Waals surface area contributed by atoms with Crippen molar-refractivity contribution in [3.8, 4) is 0 Å². The van der Waals surface area contributed by atoms with Crippen molar-refractivity contribution in [3.05, 3.63) is 33.9 Å². The van der Waals surface area contributed by atoms with Crippen molar-refractivity contribution < 1.29 is 4.79 Å². The lowest BCUT2D eigenvalue weighted by molar-refractivity contribution is 0.0984. The molecule has 0 fully saturated rings. The zero-order valence-corrected chi connectivity index (χ0v) is 14.8. The van der Waals surface area contributed by atoms with Crippen molar-refractivity contribution in [2.24, 2.45) is 0 Å². The molecule has 0 N–H and O–H groups in total. The van der Waals surface area contributed by atoms with Crippen LogP contribution in [0.4, 0.5) is 0 Å². The molecule has 0 bridgehead atoms. The van der Waals surface area contributed by atoms with Crippen LogP contribution in [0, 0.1) is 0 Å². The van der Waals surface area contributed by atoms with Crippen molar-refractivity contribution in [2.75, 3.05) is 0 Å². The number of Topliss-reactive ketones (excluding diaryl/α,β-unsaturated/α-hetero) is 1. The molecule has 0 radical (unpaired) electrons. The number of carbonyl (C=O) groups is 1. The predicted molar refractivity (Wildman–Crippen MR) is 90.6 cm³/mol. The summed E-state index contributed by atoms with van der Waals surface area (Å²) in [5.74, 6) is 1.24. The van der Waals surface area contributed by atoms with Crippen molar-refractivity contribution >= 4 is 5.78 Å². The van der Waals surface area contributed by atoms with Crippen LogP contribution in [0.1, 0.15) is 106 Å². The van der Waals surface area contributed by atoms with Crippen molar-refractivity contribution in [1.82, 2.24) is 0 Å². The van der Waals surface area contributed by atoms with Gasteiger partial charge in [-0.05, 0) is 52.3 Å². The molecule has 1 heteroatoms. The summed E-state index contributed by atoms with van der Waals surface area (Å²) in [5.41, 5.74) is 6.74. The predicted octanol–water partition coefficient (Wildman–Crippen LogP) is 5.75. The molecule has 0 heterocycles. The first-order valence-electron chi connectivity index (χ1n) is 8.44. The van der Waals surface area contributed by atoms with E-state index >= 15 is 0 Å². The summed E-state index contributed by atoms with van der Waals surface area (Å²) in [6, 6.07) is 2.33. The Bertz CT molecular complexity index is 562. The second-order valence-electron chi connectivity index (χ2n) is 7.75. The highest BCUT2D eigenvalue weighted by Crippen LogP contribution is 2.46. The summed E-state index contributed by atoms with van der Waals surface area (Å²) in [7, 11) is 0. The lowest BCUT2D eigenvalue weighted by Gasteiger charge is -2.27. The van der Waals surface area contributed by atoms with Gasteiger partial charge in [0.1, 0.15) is 0 Å². The fraction of sp³-hybridized carbons (Fsp3) is 0.650. The van der Waals surface area contributed by atoms with E-state index in [2.05, 4.69) is 47.6 Å². The molecule has 1 aliphatic rings. The smallest absolute Gasteiger partial charge is 0.163 e. The van der Waals surface area contributed by atoms with Gasteiger partial charge in [0.15, 0.2) is 5.78 Å². The Morgan fingerprint density at radius 2 is 1.71 bits per heavy atom. The average molecular weight is 286 g/mol. The largest absolute Gasteiger partial charge is 0.294 e. The van der Waals surface area contributed by atoms with E-state index < -0.39 is 0 Å². The van der Waals surface area contributed by atoms with E-state index in [4.69, 9.17) is 0 Å². The fourth-order valence-electron chi connectivity index (χ4n) is 3.79. The van der Waals surface area contributed by atoms with Crippen LogP contribution in [0.25, 0.3) is 0 Å². The Morgan fingerprint density at radius 1 is 1.14 bits per heavy atom. The van der Waals surface area contributed by atoms with Crippen molar-refractivity contribution in [2.45, 2.75) is 85.0 Å². The standard InChI is InChI=1S/C20H30O/c1-8-17(21)18-16(13(4)5)11-15(12(2)3)14-9-10-20(6,7)19(14)18/h11-13H,8-10H2,1-7H3. The summed E-state index contributed by atoms with van der Waals surface area (Å²) in [5, 5.41) is 0. The first-order valence-corrected chi connectivity index (χ1v) is 8.44. The van der Waals surface area contributed by atoms with Gasteiger partial charge in [0.2, 0.25) is 0 Å². The molecule has 1 aromatic carbocycles. The zero-order valence-electron chi connectivity index (χ0n) is 14.8. The molecule has 116 valence electrons. The summed E-state index contributed by atoms with van der Waals surface area (Å²) >= 11 is 0. The van der Waals surface area contributed by atoms with Gasteiger partial charge in [-0.2, -0.15) is 0 Å². The maximum absolute atomic E-state index is 12.7. The van der Waals surface area contributed by atoms with Crippen LogP contribution in [0.2, 0.25) is 0 Å². The number of hydrogen-bond donors (Lipinski definition) is 0. The fourth-order valence-corrected chi connectivity index (χ4v) is 3.79. The Hall–Kier alpha value is -1.11. The molecule has 0 aromatic heterocycles. The van der Waals surface area contributed by atoms with E-state index in [1.165, 1.54) is 22.3 Å². The Labute approximate surface area is 130 Å². The first-order chi connectivity index (χ1) is 9.70. The Balaban J connectivity index is 2.86. The topological polar surface area (TPSA) is 17.1 Å². The molecule has 0 atom stereocenters. The second kappa shape index (κ2) is 5.59. The SMILES string of the molecule is CCC(=O)c1c(C(C)C)cc(C(C)C)c2c1C(C)(C)CC2. The summed E-state index contributed by atoms with van der Waals surface area (Å²) < 4.78 is 0. The van der Waals surface area contributed by atoms with E-state index in [0.29, 0.717) is 24.0 Å². The van der Waals surface area contributed by atoms with Crippen LogP contribution < -0.4 is 0 Å². The Kier molecular flexibility index (Phi) is 4.33. The van der Waals surface area contributed by atoms with Gasteiger partial charge in [0.05, 0.1) is 0 Å². The van der Waals surface area contributed by atoms with Gasteiger partial charge in [-0.25, -0.2) is 0 Å². The van der Waals surface area contributed by atoms with E-state index in [9.17, 15) is 4.79 Å². The third kappa shape index (κ3) is 2.67. The third-order valence-corrected chi connectivity index (χ3v) is 5.02. The van der Waals surface area contributed by atoms with Crippen LogP contribution in [0.3, 0.4) is 0 Å². The van der Waals surface area contributed by atoms with Gasteiger partial charge in [0.25, 0.3) is 0 Å². The van der Waals surface area contributed by atoms with Gasteiger partial charge in [-0.3, -0.25) is 4.79 Å². The molecule has 0 saturated carbocycles. The van der Waals surface area contributed by atoms with Crippen LogP contribution >= 0.6 is 0 Å². The minimum atomic E-state index is 0.129. The highest BCUT2D eigenvalue weighted by atomic mass is 16.1. The summed E-state index contributed by atoms with van der Waals surface area (Å²) in [6.07, 6.45) is 2.88. The van der Waals surface area contributed by atoms with Gasteiger partial charge in [0, 0.05) is 12.0 Å². The quantitative estimate of drug-likeness (QED) is 0.644. The zero-order chi connectivity index (χ0) is 15.9. The minimum absolute atomic E-state index is 0.129. The lowest BCUT2D eigenvalue weighted by atomic mass is 9.76. The number of ketones is 1. The molecule has 0 spiro atoms. The number of carbonyl (C=O) groups excluding carboxylic acids is 1. The number of fused-ring (bicyclic) bond motifs is 1. The van der Waals surface area contributed by atoms with Crippen LogP contribution in [0.15, 0.2) is 6.07 Å². The molecule has 2 rings (SSSR count). The van der Waals surface area contributed by atoms with Crippen molar-refractivity contribution in [1.29, 1.82) is 0 Å². The summed E-state index contributed by atoms with van der Waals surface area (Å²) in [4.78, 5) is 12.7. The second-order valence-corrected chi connectivity index (χ2v) is 7.75. The average Bonchev–Trinajstić information content (AvgIpc) is 2.72. The normalized spacial score (nSPS) is 16.6. The van der Waals surface area contributed by atoms with E-state index in [1.54, 1.807) is 0 Å². The molecule has 0 aliphatic heterocycles. The van der Waals surface area contributed by atoms with Gasteiger partial charge in [-0.15, -0.1) is 0 Å². The number of rotatable bonds is 4. The molecule has 21 heavy (non-hydrogen) atoms. The molecule has 0 unspecified atom stereocenters. The van der Waals surface area contributed by atoms with E-state index in [1.807, 2.05) is 6.92 Å². The van der Waals surface area contributed by atoms with E-state index in [0.717, 1.165) is 18.4 Å². The molecule has 1 aliphatic carbocycles. The highest BCUT2D eigenvalue weighted by Gasteiger charge is 2.37. The Morgan fingerprint density at radius 3 is 2.19 bits per heavy atom. The van der Waals surface area contributed by atoms with Crippen molar-refractivity contribution in [3.63, 3.8) is 0 Å². The minimum Gasteiger partial charge on any atom is -0.294 e. The molecular weight excluding hydrogens is 256 g/mol. The molecular formula is C20H30O. The molecule has 1 nitrogen and oxygen atoms in total. The number of hydrogen-bond acceptors (Lipinski definition) is 1. The maximum atomic E-state index is 12.7. The maximum Gasteiger partial charge on any atom is 0.163 e. The monoisotopic (exact) mass is 286 g/mol.